The second-order valence-electron chi connectivity index (χ2n) is 7.21. The van der Waals surface area contributed by atoms with Crippen LogP contribution in [0, 0.1) is 23.7 Å². The molecule has 2 nitrogen and oxygen atoms in total. The van der Waals surface area contributed by atoms with Gasteiger partial charge in [0.15, 0.2) is 0 Å². The molecule has 1 saturated heterocycles. The van der Waals surface area contributed by atoms with Crippen molar-refractivity contribution in [1.29, 1.82) is 0 Å². The number of rotatable bonds is 5. The Kier molecular flexibility index (Phi) is 3.56. The van der Waals surface area contributed by atoms with Crippen molar-refractivity contribution in [1.82, 2.24) is 4.90 Å². The first-order chi connectivity index (χ1) is 10.8. The van der Waals surface area contributed by atoms with Gasteiger partial charge in [0.25, 0.3) is 0 Å². The van der Waals surface area contributed by atoms with Gasteiger partial charge in [-0.05, 0) is 36.2 Å². The quantitative estimate of drug-likeness (QED) is 0.751. The van der Waals surface area contributed by atoms with Crippen LogP contribution in [0.1, 0.15) is 38.2 Å². The maximum atomic E-state index is 13.0. The van der Waals surface area contributed by atoms with E-state index in [4.69, 9.17) is 0 Å². The van der Waals surface area contributed by atoms with Crippen LogP contribution in [0.25, 0.3) is 0 Å². The van der Waals surface area contributed by atoms with Crippen LogP contribution in [-0.4, -0.2) is 16.8 Å². The number of unbranched alkanes of at least 4 members (excludes halogenated alkanes) is 1. The maximum absolute atomic E-state index is 13.0. The molecule has 2 aliphatic carbocycles. The number of carbonyl (C=O) groups excluding carboxylic acids is 1. The molecule has 22 heavy (non-hydrogen) atoms. The third-order valence-electron chi connectivity index (χ3n) is 5.98. The SMILES string of the molecule is CCCC[C@H]1[C@H]2[C@@H](C(=O)N1Cc1ccccc1)[C@H]1C=C[C@@H]2C1. The molecule has 4 rings (SSSR count). The van der Waals surface area contributed by atoms with Gasteiger partial charge in [0.2, 0.25) is 5.91 Å². The van der Waals surface area contributed by atoms with Gasteiger partial charge in [0.1, 0.15) is 0 Å². The maximum Gasteiger partial charge on any atom is 0.227 e. The number of carbonyl (C=O) groups is 1. The van der Waals surface area contributed by atoms with Gasteiger partial charge in [-0.2, -0.15) is 0 Å². The monoisotopic (exact) mass is 295 g/mol. The van der Waals surface area contributed by atoms with Crippen LogP contribution in [0.3, 0.4) is 0 Å². The summed E-state index contributed by atoms with van der Waals surface area (Å²) in [6.07, 6.45) is 9.55. The van der Waals surface area contributed by atoms with Crippen LogP contribution in [0.2, 0.25) is 0 Å². The molecule has 1 aromatic rings. The molecule has 1 heterocycles. The van der Waals surface area contributed by atoms with Gasteiger partial charge in [0, 0.05) is 18.5 Å². The first-order valence-electron chi connectivity index (χ1n) is 8.82. The zero-order valence-corrected chi connectivity index (χ0v) is 13.3. The summed E-state index contributed by atoms with van der Waals surface area (Å²) >= 11 is 0. The Hall–Kier alpha value is -1.57. The third-order valence-corrected chi connectivity index (χ3v) is 5.98. The smallest absolute Gasteiger partial charge is 0.227 e. The second kappa shape index (κ2) is 5.57. The van der Waals surface area contributed by atoms with E-state index in [1.165, 1.54) is 31.2 Å². The van der Waals surface area contributed by atoms with Crippen LogP contribution in [-0.2, 0) is 11.3 Å². The van der Waals surface area contributed by atoms with Gasteiger partial charge in [-0.15, -0.1) is 0 Å². The number of benzene rings is 1. The first kappa shape index (κ1) is 14.0. The van der Waals surface area contributed by atoms with E-state index in [2.05, 4.69) is 48.2 Å². The summed E-state index contributed by atoms with van der Waals surface area (Å²) in [7, 11) is 0. The molecule has 0 radical (unpaired) electrons. The normalized spacial score (nSPS) is 35.4. The highest BCUT2D eigenvalue weighted by Crippen LogP contribution is 2.55. The topological polar surface area (TPSA) is 20.3 Å². The molecule has 1 aromatic carbocycles. The van der Waals surface area contributed by atoms with Gasteiger partial charge >= 0.3 is 0 Å². The highest BCUT2D eigenvalue weighted by molar-refractivity contribution is 5.83. The predicted molar refractivity (Wildman–Crippen MR) is 88.0 cm³/mol. The molecule has 2 bridgehead atoms. The van der Waals surface area contributed by atoms with Crippen molar-refractivity contribution in [2.75, 3.05) is 0 Å². The molecular formula is C20H25NO. The summed E-state index contributed by atoms with van der Waals surface area (Å²) in [5.41, 5.74) is 1.26. The number of likely N-dealkylation sites (tertiary alicyclic amines) is 1. The lowest BCUT2D eigenvalue weighted by Crippen LogP contribution is -2.36. The lowest BCUT2D eigenvalue weighted by Gasteiger charge is -2.30. The van der Waals surface area contributed by atoms with E-state index in [1.54, 1.807) is 0 Å². The molecule has 2 heteroatoms. The van der Waals surface area contributed by atoms with Crippen LogP contribution < -0.4 is 0 Å². The molecule has 0 aromatic heterocycles. The van der Waals surface area contributed by atoms with Crippen LogP contribution in [0.15, 0.2) is 42.5 Å². The van der Waals surface area contributed by atoms with Gasteiger partial charge in [-0.1, -0.05) is 62.2 Å². The van der Waals surface area contributed by atoms with Crippen molar-refractivity contribution in [3.8, 4) is 0 Å². The summed E-state index contributed by atoms with van der Waals surface area (Å²) in [5.74, 6) is 2.46. The van der Waals surface area contributed by atoms with E-state index in [0.29, 0.717) is 29.7 Å². The highest BCUT2D eigenvalue weighted by atomic mass is 16.2. The van der Waals surface area contributed by atoms with Crippen LogP contribution in [0.5, 0.6) is 0 Å². The predicted octanol–water partition coefficient (Wildman–Crippen LogP) is 4.03. The summed E-state index contributed by atoms with van der Waals surface area (Å²) in [6.45, 7) is 3.04. The lowest BCUT2D eigenvalue weighted by atomic mass is 9.80. The molecule has 1 amide bonds. The van der Waals surface area contributed by atoms with Crippen LogP contribution in [0.4, 0.5) is 0 Å². The van der Waals surface area contributed by atoms with Gasteiger partial charge in [0.05, 0.1) is 0 Å². The highest BCUT2D eigenvalue weighted by Gasteiger charge is 2.58. The van der Waals surface area contributed by atoms with Crippen LogP contribution >= 0.6 is 0 Å². The van der Waals surface area contributed by atoms with E-state index < -0.39 is 0 Å². The number of hydrogen-bond acceptors (Lipinski definition) is 1. The van der Waals surface area contributed by atoms with Gasteiger partial charge in [-0.3, -0.25) is 4.79 Å². The Morgan fingerprint density at radius 1 is 1.14 bits per heavy atom. The average Bonchev–Trinajstić information content (AvgIpc) is 3.21. The summed E-state index contributed by atoms with van der Waals surface area (Å²) in [6, 6.07) is 10.9. The minimum absolute atomic E-state index is 0.278. The van der Waals surface area contributed by atoms with E-state index in [-0.39, 0.29) is 5.92 Å². The molecule has 116 valence electrons. The molecular weight excluding hydrogens is 270 g/mol. The lowest BCUT2D eigenvalue weighted by molar-refractivity contribution is -0.133. The molecule has 2 fully saturated rings. The Morgan fingerprint density at radius 2 is 1.91 bits per heavy atom. The summed E-state index contributed by atoms with van der Waals surface area (Å²) in [5, 5.41) is 0. The van der Waals surface area contributed by atoms with Gasteiger partial charge < -0.3 is 4.90 Å². The number of amides is 1. The Bertz CT molecular complexity index is 579. The molecule has 1 aliphatic heterocycles. The first-order valence-corrected chi connectivity index (χ1v) is 8.82. The molecule has 0 unspecified atom stereocenters. The fourth-order valence-corrected chi connectivity index (χ4v) is 5.03. The molecule has 3 aliphatic rings. The zero-order chi connectivity index (χ0) is 15.1. The third kappa shape index (κ3) is 2.12. The Balaban J connectivity index is 1.60. The van der Waals surface area contributed by atoms with Crippen molar-refractivity contribution >= 4 is 5.91 Å². The number of nitrogens with zero attached hydrogens (tertiary/aromatic N) is 1. The minimum Gasteiger partial charge on any atom is -0.335 e. The summed E-state index contributed by atoms with van der Waals surface area (Å²) < 4.78 is 0. The fourth-order valence-electron chi connectivity index (χ4n) is 5.03. The van der Waals surface area contributed by atoms with Crippen molar-refractivity contribution in [2.45, 2.75) is 45.2 Å². The van der Waals surface area contributed by atoms with Gasteiger partial charge in [-0.25, -0.2) is 0 Å². The fraction of sp³-hybridized carbons (Fsp3) is 0.550. The number of hydrogen-bond donors (Lipinski definition) is 0. The average molecular weight is 295 g/mol. The van der Waals surface area contributed by atoms with E-state index in [1.807, 2.05) is 6.07 Å². The van der Waals surface area contributed by atoms with Crippen molar-refractivity contribution in [3.63, 3.8) is 0 Å². The second-order valence-corrected chi connectivity index (χ2v) is 7.21. The Morgan fingerprint density at radius 3 is 2.68 bits per heavy atom. The number of fused-ring (bicyclic) bond motifs is 5. The molecule has 0 N–H and O–H groups in total. The summed E-state index contributed by atoms with van der Waals surface area (Å²) in [4.78, 5) is 15.3. The number of allylic oxidation sites excluding steroid dienone is 2. The Labute approximate surface area is 133 Å². The van der Waals surface area contributed by atoms with E-state index in [0.717, 1.165) is 6.54 Å². The van der Waals surface area contributed by atoms with Crippen molar-refractivity contribution in [2.24, 2.45) is 23.7 Å². The minimum atomic E-state index is 0.278. The molecule has 1 saturated carbocycles. The molecule has 5 atom stereocenters. The van der Waals surface area contributed by atoms with Crippen molar-refractivity contribution < 1.29 is 4.79 Å². The zero-order valence-electron chi connectivity index (χ0n) is 13.3. The molecule has 0 spiro atoms. The van der Waals surface area contributed by atoms with E-state index in [9.17, 15) is 4.79 Å². The standard InChI is InChI=1S/C20H25NO/c1-2-3-9-17-18-15-10-11-16(12-15)19(18)20(22)21(17)13-14-7-5-4-6-8-14/h4-8,10-11,15-19H,2-3,9,12-13H2,1H3/t15-,16+,17+,18+,19+/m1/s1. The van der Waals surface area contributed by atoms with Crippen molar-refractivity contribution in [3.05, 3.63) is 48.0 Å². The van der Waals surface area contributed by atoms with E-state index >= 15 is 0 Å². The largest absolute Gasteiger partial charge is 0.335 e.